The molecule has 4 nitrogen and oxygen atoms in total. The molecule has 1 fully saturated rings. The molecule has 0 aromatic heterocycles. The molecule has 0 bridgehead atoms. The molecule has 1 saturated heterocycles. The zero-order valence-corrected chi connectivity index (χ0v) is 18.5. The van der Waals surface area contributed by atoms with Gasteiger partial charge in [-0.15, -0.1) is 0 Å². The fraction of sp³-hybridized carbons (Fsp3) is 0.259. The average Bonchev–Trinajstić information content (AvgIpc) is 2.86. The van der Waals surface area contributed by atoms with E-state index in [1.165, 1.54) is 36.4 Å². The highest BCUT2D eigenvalue weighted by atomic mass is 19.1. The van der Waals surface area contributed by atoms with Crippen molar-refractivity contribution in [3.63, 3.8) is 0 Å². The van der Waals surface area contributed by atoms with Crippen LogP contribution in [0, 0.1) is 17.6 Å². The normalized spacial score (nSPS) is 14.2. The summed E-state index contributed by atoms with van der Waals surface area (Å²) in [5.41, 5.74) is 2.58. The first-order chi connectivity index (χ1) is 16.0. The van der Waals surface area contributed by atoms with Gasteiger partial charge in [0.1, 0.15) is 11.6 Å². The van der Waals surface area contributed by atoms with Crippen molar-refractivity contribution in [1.82, 2.24) is 0 Å². The molecule has 1 amide bonds. The minimum Gasteiger partial charge on any atom is -0.371 e. The quantitative estimate of drug-likeness (QED) is 0.452. The Bertz CT molecular complexity index is 1120. The zero-order valence-electron chi connectivity index (χ0n) is 18.5. The van der Waals surface area contributed by atoms with Crippen LogP contribution in [0.1, 0.15) is 40.5 Å². The van der Waals surface area contributed by atoms with Crippen LogP contribution in [0.5, 0.6) is 0 Å². The summed E-state index contributed by atoms with van der Waals surface area (Å²) < 4.78 is 26.5. The van der Waals surface area contributed by atoms with Crippen LogP contribution in [0.25, 0.3) is 0 Å². The SMILES string of the molecule is CCN(C(=O)c1ccccc1N1CCC(C(=O)c2ccc(F)cc2)CC1)c1ccc(F)cc1. The van der Waals surface area contributed by atoms with Gasteiger partial charge in [0.2, 0.25) is 0 Å². The molecule has 4 rings (SSSR count). The van der Waals surface area contributed by atoms with Crippen molar-refractivity contribution < 1.29 is 18.4 Å². The molecule has 0 radical (unpaired) electrons. The van der Waals surface area contributed by atoms with Crippen molar-refractivity contribution in [2.45, 2.75) is 19.8 Å². The second-order valence-corrected chi connectivity index (χ2v) is 8.18. The Kier molecular flexibility index (Phi) is 6.82. The van der Waals surface area contributed by atoms with Crippen molar-refractivity contribution in [1.29, 1.82) is 0 Å². The number of benzene rings is 3. The van der Waals surface area contributed by atoms with Gasteiger partial charge in [0.05, 0.1) is 5.56 Å². The van der Waals surface area contributed by atoms with E-state index in [1.807, 2.05) is 25.1 Å². The largest absolute Gasteiger partial charge is 0.371 e. The van der Waals surface area contributed by atoms with Gasteiger partial charge in [0.15, 0.2) is 5.78 Å². The van der Waals surface area contributed by atoms with Crippen LogP contribution >= 0.6 is 0 Å². The topological polar surface area (TPSA) is 40.6 Å². The summed E-state index contributed by atoms with van der Waals surface area (Å²) in [5, 5.41) is 0. The molecule has 0 unspecified atom stereocenters. The molecule has 1 aliphatic rings. The Morgan fingerprint density at radius 1 is 0.879 bits per heavy atom. The van der Waals surface area contributed by atoms with E-state index in [2.05, 4.69) is 4.90 Å². The summed E-state index contributed by atoms with van der Waals surface area (Å²) >= 11 is 0. The monoisotopic (exact) mass is 448 g/mol. The first-order valence-electron chi connectivity index (χ1n) is 11.2. The van der Waals surface area contributed by atoms with Crippen molar-refractivity contribution in [2.75, 3.05) is 29.4 Å². The van der Waals surface area contributed by atoms with Crippen LogP contribution in [0.3, 0.4) is 0 Å². The van der Waals surface area contributed by atoms with Gasteiger partial charge >= 0.3 is 0 Å². The lowest BCUT2D eigenvalue weighted by Gasteiger charge is -2.34. The number of halogens is 2. The van der Waals surface area contributed by atoms with Gasteiger partial charge < -0.3 is 9.80 Å². The molecule has 0 saturated carbocycles. The lowest BCUT2D eigenvalue weighted by atomic mass is 9.88. The number of hydrogen-bond donors (Lipinski definition) is 0. The van der Waals surface area contributed by atoms with Gasteiger partial charge in [0.25, 0.3) is 5.91 Å². The number of piperidine rings is 1. The molecule has 0 spiro atoms. The standard InChI is InChI=1S/C27H26F2N2O2/c1-2-31(23-13-11-22(29)12-14-23)27(33)24-5-3-4-6-25(24)30-17-15-20(16-18-30)26(32)19-7-9-21(28)10-8-19/h3-14,20H,2,15-18H2,1H3. The van der Waals surface area contributed by atoms with Crippen LogP contribution in [-0.2, 0) is 0 Å². The van der Waals surface area contributed by atoms with E-state index in [4.69, 9.17) is 0 Å². The number of ketones is 1. The van der Waals surface area contributed by atoms with Crippen molar-refractivity contribution in [2.24, 2.45) is 5.92 Å². The molecule has 1 heterocycles. The highest BCUT2D eigenvalue weighted by Crippen LogP contribution is 2.30. The van der Waals surface area contributed by atoms with Crippen LogP contribution in [0.4, 0.5) is 20.2 Å². The maximum absolute atomic E-state index is 13.4. The van der Waals surface area contributed by atoms with Gasteiger partial charge in [-0.05, 0) is 80.4 Å². The van der Waals surface area contributed by atoms with Crippen molar-refractivity contribution in [3.05, 3.63) is 95.6 Å². The first-order valence-corrected chi connectivity index (χ1v) is 11.2. The Morgan fingerprint density at radius 3 is 2.06 bits per heavy atom. The predicted molar refractivity (Wildman–Crippen MR) is 126 cm³/mol. The zero-order chi connectivity index (χ0) is 23.4. The summed E-state index contributed by atoms with van der Waals surface area (Å²) in [5.74, 6) is -0.942. The molecule has 3 aromatic carbocycles. The van der Waals surface area contributed by atoms with Crippen molar-refractivity contribution in [3.8, 4) is 0 Å². The molecule has 3 aromatic rings. The number of hydrogen-bond acceptors (Lipinski definition) is 3. The second-order valence-electron chi connectivity index (χ2n) is 8.18. The van der Waals surface area contributed by atoms with E-state index in [9.17, 15) is 18.4 Å². The van der Waals surface area contributed by atoms with Gasteiger partial charge in [-0.2, -0.15) is 0 Å². The maximum atomic E-state index is 13.4. The predicted octanol–water partition coefficient (Wildman–Crippen LogP) is 5.73. The molecule has 0 aliphatic carbocycles. The van der Waals surface area contributed by atoms with E-state index >= 15 is 0 Å². The van der Waals surface area contributed by atoms with Gasteiger partial charge in [-0.25, -0.2) is 8.78 Å². The van der Waals surface area contributed by atoms with Crippen LogP contribution < -0.4 is 9.80 Å². The van der Waals surface area contributed by atoms with E-state index in [0.29, 0.717) is 49.3 Å². The lowest BCUT2D eigenvalue weighted by Crippen LogP contribution is -2.38. The molecule has 0 atom stereocenters. The third-order valence-corrected chi connectivity index (χ3v) is 6.17. The summed E-state index contributed by atoms with van der Waals surface area (Å²) in [6.07, 6.45) is 1.32. The van der Waals surface area contributed by atoms with Crippen LogP contribution in [0.2, 0.25) is 0 Å². The molecular weight excluding hydrogens is 422 g/mol. The first kappa shape index (κ1) is 22.6. The fourth-order valence-electron chi connectivity index (χ4n) is 4.37. The summed E-state index contributed by atoms with van der Waals surface area (Å²) in [6, 6.07) is 19.1. The highest BCUT2D eigenvalue weighted by Gasteiger charge is 2.28. The number of Topliss-reactive ketones (excluding diaryl/α,β-unsaturated/α-hetero) is 1. The van der Waals surface area contributed by atoms with E-state index in [0.717, 1.165) is 5.69 Å². The molecule has 6 heteroatoms. The van der Waals surface area contributed by atoms with E-state index in [1.54, 1.807) is 23.1 Å². The Hall–Kier alpha value is -3.54. The third-order valence-electron chi connectivity index (χ3n) is 6.17. The number of para-hydroxylation sites is 1. The fourth-order valence-corrected chi connectivity index (χ4v) is 4.37. The number of carbonyl (C=O) groups is 2. The molecule has 170 valence electrons. The minimum absolute atomic E-state index is 0.0347. The summed E-state index contributed by atoms with van der Waals surface area (Å²) in [7, 11) is 0. The smallest absolute Gasteiger partial charge is 0.260 e. The molecular formula is C27H26F2N2O2. The Balaban J connectivity index is 1.50. The van der Waals surface area contributed by atoms with E-state index in [-0.39, 0.29) is 29.2 Å². The number of amides is 1. The number of nitrogens with zero attached hydrogens (tertiary/aromatic N) is 2. The van der Waals surface area contributed by atoms with E-state index < -0.39 is 0 Å². The maximum Gasteiger partial charge on any atom is 0.260 e. The molecule has 1 aliphatic heterocycles. The average molecular weight is 449 g/mol. The second kappa shape index (κ2) is 9.94. The Morgan fingerprint density at radius 2 is 1.45 bits per heavy atom. The minimum atomic E-state index is -0.357. The van der Waals surface area contributed by atoms with Gasteiger partial charge in [0, 0.05) is 42.5 Å². The lowest BCUT2D eigenvalue weighted by molar-refractivity contribution is 0.0899. The molecule has 33 heavy (non-hydrogen) atoms. The number of anilines is 2. The number of rotatable bonds is 6. The van der Waals surface area contributed by atoms with Gasteiger partial charge in [-0.3, -0.25) is 9.59 Å². The highest BCUT2D eigenvalue weighted by molar-refractivity contribution is 6.09. The summed E-state index contributed by atoms with van der Waals surface area (Å²) in [6.45, 7) is 3.62. The van der Waals surface area contributed by atoms with Crippen LogP contribution in [0.15, 0.2) is 72.8 Å². The van der Waals surface area contributed by atoms with Crippen LogP contribution in [-0.4, -0.2) is 31.3 Å². The van der Waals surface area contributed by atoms with Gasteiger partial charge in [-0.1, -0.05) is 12.1 Å². The molecule has 0 N–H and O–H groups in total. The summed E-state index contributed by atoms with van der Waals surface area (Å²) in [4.78, 5) is 30.0. The number of carbonyl (C=O) groups excluding carboxylic acids is 2. The Labute approximate surface area is 192 Å². The van der Waals surface area contributed by atoms with Crippen molar-refractivity contribution >= 4 is 23.1 Å². The third kappa shape index (κ3) is 4.95.